The van der Waals surface area contributed by atoms with E-state index in [1.165, 1.54) is 0 Å². The van der Waals surface area contributed by atoms with Crippen molar-refractivity contribution in [1.82, 2.24) is 0 Å². The Labute approximate surface area is 103 Å². The predicted molar refractivity (Wildman–Crippen MR) is 69.0 cm³/mol. The molecule has 0 spiro atoms. The van der Waals surface area contributed by atoms with Gasteiger partial charge in [0, 0.05) is 22.5 Å². The second-order valence-electron chi connectivity index (χ2n) is 3.64. The highest BCUT2D eigenvalue weighted by molar-refractivity contribution is 9.10. The van der Waals surface area contributed by atoms with Gasteiger partial charge in [0.05, 0.1) is 5.69 Å². The fraction of sp³-hybridized carbons (Fsp3) is 0.364. The van der Waals surface area contributed by atoms with Crippen molar-refractivity contribution in [2.45, 2.75) is 19.8 Å². The molecule has 0 amide bonds. The fourth-order valence-corrected chi connectivity index (χ4v) is 2.26. The van der Waals surface area contributed by atoms with Gasteiger partial charge in [0.2, 0.25) is 0 Å². The predicted octanol–water partition coefficient (Wildman–Crippen LogP) is 4.02. The average Bonchev–Trinajstić information content (AvgIpc) is 2.67. The van der Waals surface area contributed by atoms with Crippen LogP contribution in [0.2, 0.25) is 5.02 Å². The van der Waals surface area contributed by atoms with Gasteiger partial charge in [0.15, 0.2) is 0 Å². The molecule has 1 aliphatic rings. The maximum absolute atomic E-state index is 6.07. The van der Waals surface area contributed by atoms with E-state index >= 15 is 0 Å². The zero-order valence-electron chi connectivity index (χ0n) is 8.48. The van der Waals surface area contributed by atoms with Crippen molar-refractivity contribution in [2.24, 2.45) is 4.99 Å². The summed E-state index contributed by atoms with van der Waals surface area (Å²) in [4.78, 5) is 4.37. The number of amidine groups is 1. The quantitative estimate of drug-likeness (QED) is 0.829. The summed E-state index contributed by atoms with van der Waals surface area (Å²) < 4.78 is 1.03. The highest BCUT2D eigenvalue weighted by Gasteiger charge is 2.09. The van der Waals surface area contributed by atoms with Gasteiger partial charge >= 0.3 is 0 Å². The van der Waals surface area contributed by atoms with Gasteiger partial charge in [-0.1, -0.05) is 11.6 Å². The molecule has 0 atom stereocenters. The molecular formula is C11H12BrClN2. The molecule has 0 saturated heterocycles. The van der Waals surface area contributed by atoms with Gasteiger partial charge < -0.3 is 5.32 Å². The summed E-state index contributed by atoms with van der Waals surface area (Å²) >= 11 is 9.58. The molecule has 2 nitrogen and oxygen atoms in total. The maximum Gasteiger partial charge on any atom is 0.101 e. The normalized spacial score (nSPS) is 15.3. The first kappa shape index (κ1) is 11.0. The van der Waals surface area contributed by atoms with E-state index < -0.39 is 0 Å². The standard InChI is InChI=1S/C11H12BrClN2/c1-7-5-8(12)10(6-9(7)13)15-11-3-2-4-14-11/h5-6H,2-4H2,1H3,(H,14,15). The molecule has 1 N–H and O–H groups in total. The number of rotatable bonds is 1. The van der Waals surface area contributed by atoms with Crippen molar-refractivity contribution in [3.05, 3.63) is 27.2 Å². The SMILES string of the molecule is Cc1cc(Br)c(NC2=NCCC2)cc1Cl. The van der Waals surface area contributed by atoms with E-state index in [2.05, 4.69) is 26.2 Å². The van der Waals surface area contributed by atoms with Crippen molar-refractivity contribution >= 4 is 39.1 Å². The van der Waals surface area contributed by atoms with Crippen molar-refractivity contribution in [2.75, 3.05) is 11.9 Å². The van der Waals surface area contributed by atoms with Crippen LogP contribution in [0.25, 0.3) is 0 Å². The summed E-state index contributed by atoms with van der Waals surface area (Å²) in [6, 6.07) is 3.95. The lowest BCUT2D eigenvalue weighted by Crippen LogP contribution is -2.08. The molecule has 1 aromatic rings. The first-order valence-electron chi connectivity index (χ1n) is 4.93. The molecule has 0 aliphatic carbocycles. The van der Waals surface area contributed by atoms with Crippen LogP contribution in [0.4, 0.5) is 5.69 Å². The van der Waals surface area contributed by atoms with Crippen LogP contribution in [0.1, 0.15) is 18.4 Å². The van der Waals surface area contributed by atoms with E-state index in [9.17, 15) is 0 Å². The Morgan fingerprint density at radius 3 is 2.93 bits per heavy atom. The number of halogens is 2. The van der Waals surface area contributed by atoms with Crippen LogP contribution >= 0.6 is 27.5 Å². The first-order chi connectivity index (χ1) is 7.16. The summed E-state index contributed by atoms with van der Waals surface area (Å²) in [6.45, 7) is 2.92. The van der Waals surface area contributed by atoms with Gasteiger partial charge in [-0.2, -0.15) is 0 Å². The molecule has 0 saturated carbocycles. The van der Waals surface area contributed by atoms with Gasteiger partial charge in [-0.15, -0.1) is 0 Å². The van der Waals surface area contributed by atoms with E-state index in [1.807, 2.05) is 19.1 Å². The fourth-order valence-electron chi connectivity index (χ4n) is 1.54. The Bertz CT molecular complexity index is 415. The molecule has 0 bridgehead atoms. The lowest BCUT2D eigenvalue weighted by molar-refractivity contribution is 0.951. The number of nitrogens with one attached hydrogen (secondary N) is 1. The summed E-state index contributed by atoms with van der Waals surface area (Å²) in [7, 11) is 0. The average molecular weight is 288 g/mol. The van der Waals surface area contributed by atoms with Crippen molar-refractivity contribution in [1.29, 1.82) is 0 Å². The summed E-state index contributed by atoms with van der Waals surface area (Å²) in [5, 5.41) is 4.07. The molecule has 15 heavy (non-hydrogen) atoms. The monoisotopic (exact) mass is 286 g/mol. The van der Waals surface area contributed by atoms with Crippen LogP contribution in [0.15, 0.2) is 21.6 Å². The number of aliphatic imine (C=N–C) groups is 1. The number of anilines is 1. The van der Waals surface area contributed by atoms with Gasteiger partial charge in [0.1, 0.15) is 5.84 Å². The lowest BCUT2D eigenvalue weighted by Gasteiger charge is -2.10. The van der Waals surface area contributed by atoms with E-state index in [0.29, 0.717) is 0 Å². The molecule has 0 radical (unpaired) electrons. The minimum atomic E-state index is 0.777. The molecule has 4 heteroatoms. The minimum Gasteiger partial charge on any atom is -0.343 e. The largest absolute Gasteiger partial charge is 0.343 e. The third-order valence-electron chi connectivity index (χ3n) is 2.40. The Morgan fingerprint density at radius 1 is 1.47 bits per heavy atom. The van der Waals surface area contributed by atoms with Crippen molar-refractivity contribution in [3.8, 4) is 0 Å². The molecular weight excluding hydrogens is 275 g/mol. The van der Waals surface area contributed by atoms with Crippen LogP contribution < -0.4 is 5.32 Å². The summed E-state index contributed by atoms with van der Waals surface area (Å²) in [5.41, 5.74) is 2.06. The van der Waals surface area contributed by atoms with Crippen LogP contribution in [0.5, 0.6) is 0 Å². The Morgan fingerprint density at radius 2 is 2.27 bits per heavy atom. The van der Waals surface area contributed by atoms with E-state index in [1.54, 1.807) is 0 Å². The minimum absolute atomic E-state index is 0.777. The van der Waals surface area contributed by atoms with Gasteiger partial charge in [0.25, 0.3) is 0 Å². The van der Waals surface area contributed by atoms with E-state index in [0.717, 1.165) is 46.0 Å². The summed E-state index contributed by atoms with van der Waals surface area (Å²) in [6.07, 6.45) is 2.16. The van der Waals surface area contributed by atoms with Gasteiger partial charge in [-0.3, -0.25) is 4.99 Å². The molecule has 1 heterocycles. The third kappa shape index (κ3) is 2.52. The number of hydrogen-bond donors (Lipinski definition) is 1. The summed E-state index contributed by atoms with van der Waals surface area (Å²) in [5.74, 6) is 1.05. The third-order valence-corrected chi connectivity index (χ3v) is 3.46. The second-order valence-corrected chi connectivity index (χ2v) is 4.90. The number of nitrogens with zero attached hydrogens (tertiary/aromatic N) is 1. The van der Waals surface area contributed by atoms with Crippen molar-refractivity contribution < 1.29 is 0 Å². The molecule has 1 aromatic carbocycles. The number of aryl methyl sites for hydroxylation is 1. The first-order valence-corrected chi connectivity index (χ1v) is 6.10. The zero-order chi connectivity index (χ0) is 10.8. The Balaban J connectivity index is 2.24. The molecule has 0 aromatic heterocycles. The highest BCUT2D eigenvalue weighted by Crippen LogP contribution is 2.29. The highest BCUT2D eigenvalue weighted by atomic mass is 79.9. The molecule has 80 valence electrons. The van der Waals surface area contributed by atoms with E-state index in [-0.39, 0.29) is 0 Å². The molecule has 2 rings (SSSR count). The van der Waals surface area contributed by atoms with Gasteiger partial charge in [-0.25, -0.2) is 0 Å². The number of benzene rings is 1. The molecule has 1 aliphatic heterocycles. The lowest BCUT2D eigenvalue weighted by atomic mass is 10.2. The Kier molecular flexibility index (Phi) is 3.32. The smallest absolute Gasteiger partial charge is 0.101 e. The van der Waals surface area contributed by atoms with Crippen LogP contribution in [-0.2, 0) is 0 Å². The van der Waals surface area contributed by atoms with Crippen LogP contribution in [0, 0.1) is 6.92 Å². The van der Waals surface area contributed by atoms with E-state index in [4.69, 9.17) is 11.6 Å². The topological polar surface area (TPSA) is 24.4 Å². The van der Waals surface area contributed by atoms with Gasteiger partial charge in [-0.05, 0) is 47.0 Å². The number of hydrogen-bond acceptors (Lipinski definition) is 2. The second kappa shape index (κ2) is 4.54. The molecule has 0 fully saturated rings. The van der Waals surface area contributed by atoms with Crippen molar-refractivity contribution in [3.63, 3.8) is 0 Å². The van der Waals surface area contributed by atoms with Crippen LogP contribution in [-0.4, -0.2) is 12.4 Å². The molecule has 0 unspecified atom stereocenters. The Hall–Kier alpha value is -0.540. The zero-order valence-corrected chi connectivity index (χ0v) is 10.8. The van der Waals surface area contributed by atoms with Crippen LogP contribution in [0.3, 0.4) is 0 Å². The maximum atomic E-state index is 6.07.